The van der Waals surface area contributed by atoms with Gasteiger partial charge in [0.25, 0.3) is 0 Å². The van der Waals surface area contributed by atoms with E-state index in [1.54, 1.807) is 7.11 Å². The van der Waals surface area contributed by atoms with Gasteiger partial charge < -0.3 is 15.2 Å². The average Bonchev–Trinajstić information content (AvgIpc) is 2.33. The Morgan fingerprint density at radius 3 is 2.42 bits per heavy atom. The van der Waals surface area contributed by atoms with Gasteiger partial charge in [-0.15, -0.1) is 0 Å². The van der Waals surface area contributed by atoms with Gasteiger partial charge in [-0.1, -0.05) is 20.8 Å². The molecule has 0 aliphatic heterocycles. The predicted molar refractivity (Wildman–Crippen MR) is 79.9 cm³/mol. The molecule has 0 amide bonds. The molecule has 0 aliphatic carbocycles. The van der Waals surface area contributed by atoms with Gasteiger partial charge in [-0.3, -0.25) is 0 Å². The third-order valence-electron chi connectivity index (χ3n) is 3.42. The molecule has 1 atom stereocenters. The fourth-order valence-corrected chi connectivity index (χ4v) is 2.25. The summed E-state index contributed by atoms with van der Waals surface area (Å²) in [5.41, 5.74) is 3.21. The second kappa shape index (κ2) is 6.40. The molecule has 0 radical (unpaired) electrons. The van der Waals surface area contributed by atoms with Crippen molar-refractivity contribution in [2.24, 2.45) is 0 Å². The number of ether oxygens (including phenoxy) is 1. The highest BCUT2D eigenvalue weighted by atomic mass is 16.5. The van der Waals surface area contributed by atoms with Crippen molar-refractivity contribution in [1.82, 2.24) is 5.32 Å². The minimum absolute atomic E-state index is 0.00345. The SMILES string of the molecule is CNCCC(O)c1cc(C(C)(C)C)c(OC)cc1C. The molecule has 0 aliphatic rings. The maximum absolute atomic E-state index is 10.3. The Kier molecular flexibility index (Phi) is 5.39. The number of hydrogen-bond donors (Lipinski definition) is 2. The molecule has 19 heavy (non-hydrogen) atoms. The molecule has 0 saturated carbocycles. The van der Waals surface area contributed by atoms with Gasteiger partial charge in [0.15, 0.2) is 0 Å². The van der Waals surface area contributed by atoms with E-state index in [-0.39, 0.29) is 5.41 Å². The van der Waals surface area contributed by atoms with E-state index >= 15 is 0 Å². The summed E-state index contributed by atoms with van der Waals surface area (Å²) < 4.78 is 5.47. The Bertz CT molecular complexity index is 421. The zero-order chi connectivity index (χ0) is 14.6. The smallest absolute Gasteiger partial charge is 0.122 e. The standard InChI is InChI=1S/C16H27NO2/c1-11-9-15(19-6)13(16(2,3)4)10-12(11)14(18)7-8-17-5/h9-10,14,17-18H,7-8H2,1-6H3. The first-order valence-electron chi connectivity index (χ1n) is 6.83. The molecule has 0 spiro atoms. The van der Waals surface area contributed by atoms with E-state index in [1.807, 2.05) is 20.0 Å². The third kappa shape index (κ3) is 3.95. The zero-order valence-corrected chi connectivity index (χ0v) is 13.0. The molecule has 1 rings (SSSR count). The molecule has 2 N–H and O–H groups in total. The highest BCUT2D eigenvalue weighted by Gasteiger charge is 2.22. The Morgan fingerprint density at radius 1 is 1.32 bits per heavy atom. The van der Waals surface area contributed by atoms with Gasteiger partial charge in [-0.25, -0.2) is 0 Å². The van der Waals surface area contributed by atoms with E-state index < -0.39 is 6.10 Å². The Hall–Kier alpha value is -1.06. The molecule has 3 heteroatoms. The summed E-state index contributed by atoms with van der Waals surface area (Å²) in [6.07, 6.45) is 0.284. The van der Waals surface area contributed by atoms with Crippen LogP contribution in [0.1, 0.15) is 50.0 Å². The first kappa shape index (κ1) is 16.0. The Balaban J connectivity index is 3.19. The highest BCUT2D eigenvalue weighted by Crippen LogP contribution is 2.35. The van der Waals surface area contributed by atoms with Crippen LogP contribution in [0.4, 0.5) is 0 Å². The van der Waals surface area contributed by atoms with Crippen molar-refractivity contribution in [3.05, 3.63) is 28.8 Å². The molecule has 1 aromatic rings. The Morgan fingerprint density at radius 2 is 1.95 bits per heavy atom. The van der Waals surface area contributed by atoms with Crippen LogP contribution in [0.25, 0.3) is 0 Å². The van der Waals surface area contributed by atoms with Gasteiger partial charge in [-0.05, 0) is 61.2 Å². The van der Waals surface area contributed by atoms with Crippen molar-refractivity contribution in [1.29, 1.82) is 0 Å². The molecular weight excluding hydrogens is 238 g/mol. The minimum atomic E-state index is -0.431. The van der Waals surface area contributed by atoms with Crippen molar-refractivity contribution in [2.45, 2.75) is 45.6 Å². The summed E-state index contributed by atoms with van der Waals surface area (Å²) in [5, 5.41) is 13.4. The number of benzene rings is 1. The summed E-state index contributed by atoms with van der Waals surface area (Å²) in [4.78, 5) is 0. The zero-order valence-electron chi connectivity index (χ0n) is 13.0. The summed E-state index contributed by atoms with van der Waals surface area (Å²) in [7, 11) is 3.59. The molecular formula is C16H27NO2. The van der Waals surface area contributed by atoms with E-state index in [0.29, 0.717) is 6.42 Å². The highest BCUT2D eigenvalue weighted by molar-refractivity contribution is 5.46. The van der Waals surface area contributed by atoms with E-state index in [4.69, 9.17) is 4.74 Å². The van der Waals surface area contributed by atoms with Crippen molar-refractivity contribution >= 4 is 0 Å². The number of rotatable bonds is 5. The van der Waals surface area contributed by atoms with Crippen LogP contribution in [0, 0.1) is 6.92 Å². The van der Waals surface area contributed by atoms with Crippen LogP contribution in [0.2, 0.25) is 0 Å². The number of aliphatic hydroxyl groups is 1. The van der Waals surface area contributed by atoms with Crippen molar-refractivity contribution in [2.75, 3.05) is 20.7 Å². The fraction of sp³-hybridized carbons (Fsp3) is 0.625. The maximum atomic E-state index is 10.3. The van der Waals surface area contributed by atoms with Gasteiger partial charge in [0.05, 0.1) is 13.2 Å². The monoisotopic (exact) mass is 265 g/mol. The second-order valence-corrected chi connectivity index (χ2v) is 6.07. The van der Waals surface area contributed by atoms with E-state index in [0.717, 1.165) is 29.0 Å². The van der Waals surface area contributed by atoms with Crippen molar-refractivity contribution in [3.63, 3.8) is 0 Å². The molecule has 3 nitrogen and oxygen atoms in total. The number of nitrogens with one attached hydrogen (secondary N) is 1. The molecule has 0 fully saturated rings. The lowest BCUT2D eigenvalue weighted by atomic mass is 9.83. The van der Waals surface area contributed by atoms with Crippen LogP contribution in [0.5, 0.6) is 5.75 Å². The quantitative estimate of drug-likeness (QED) is 0.860. The van der Waals surface area contributed by atoms with Crippen LogP contribution < -0.4 is 10.1 Å². The van der Waals surface area contributed by atoms with Crippen LogP contribution in [-0.4, -0.2) is 25.8 Å². The average molecular weight is 265 g/mol. The molecule has 1 unspecified atom stereocenters. The predicted octanol–water partition coefficient (Wildman–Crippen LogP) is 2.94. The van der Waals surface area contributed by atoms with Crippen LogP contribution in [0.15, 0.2) is 12.1 Å². The number of hydrogen-bond acceptors (Lipinski definition) is 3. The van der Waals surface area contributed by atoms with Gasteiger partial charge in [-0.2, -0.15) is 0 Å². The number of aliphatic hydroxyl groups excluding tert-OH is 1. The van der Waals surface area contributed by atoms with Gasteiger partial charge in [0.2, 0.25) is 0 Å². The second-order valence-electron chi connectivity index (χ2n) is 6.07. The summed E-state index contributed by atoms with van der Waals surface area (Å²) in [6.45, 7) is 9.29. The van der Waals surface area contributed by atoms with Crippen LogP contribution in [0.3, 0.4) is 0 Å². The topological polar surface area (TPSA) is 41.5 Å². The minimum Gasteiger partial charge on any atom is -0.496 e. The van der Waals surface area contributed by atoms with Crippen molar-refractivity contribution in [3.8, 4) is 5.75 Å². The summed E-state index contributed by atoms with van der Waals surface area (Å²) >= 11 is 0. The molecule has 0 aromatic heterocycles. The molecule has 0 bridgehead atoms. The first-order chi connectivity index (χ1) is 8.81. The lowest BCUT2D eigenvalue weighted by Crippen LogP contribution is -2.16. The molecule has 0 heterocycles. The third-order valence-corrected chi connectivity index (χ3v) is 3.42. The van der Waals surface area contributed by atoms with Crippen molar-refractivity contribution < 1.29 is 9.84 Å². The Labute approximate surface area is 117 Å². The summed E-state index contributed by atoms with van der Waals surface area (Å²) in [6, 6.07) is 4.12. The number of aryl methyl sites for hydroxylation is 1. The van der Waals surface area contributed by atoms with Gasteiger partial charge >= 0.3 is 0 Å². The fourth-order valence-electron chi connectivity index (χ4n) is 2.25. The maximum Gasteiger partial charge on any atom is 0.122 e. The van der Waals surface area contributed by atoms with Gasteiger partial charge in [0.1, 0.15) is 5.75 Å². The van der Waals surface area contributed by atoms with Gasteiger partial charge in [0, 0.05) is 0 Å². The largest absolute Gasteiger partial charge is 0.496 e. The molecule has 108 valence electrons. The molecule has 0 saturated heterocycles. The molecule has 1 aromatic carbocycles. The van der Waals surface area contributed by atoms with E-state index in [1.165, 1.54) is 0 Å². The number of methoxy groups -OCH3 is 1. The van der Waals surface area contributed by atoms with Crippen LogP contribution in [-0.2, 0) is 5.41 Å². The van der Waals surface area contributed by atoms with E-state index in [2.05, 4.69) is 32.2 Å². The summed E-state index contributed by atoms with van der Waals surface area (Å²) in [5.74, 6) is 0.898. The van der Waals surface area contributed by atoms with Crippen LogP contribution >= 0.6 is 0 Å². The normalized spacial score (nSPS) is 13.4. The van der Waals surface area contributed by atoms with E-state index in [9.17, 15) is 5.11 Å². The lowest BCUT2D eigenvalue weighted by Gasteiger charge is -2.25. The lowest BCUT2D eigenvalue weighted by molar-refractivity contribution is 0.166. The first-order valence-corrected chi connectivity index (χ1v) is 6.83.